The number of benzene rings is 2. The summed E-state index contributed by atoms with van der Waals surface area (Å²) in [5, 5.41) is 6.02. The average molecular weight is 698 g/mol. The van der Waals surface area contributed by atoms with Gasteiger partial charge in [0.2, 0.25) is 0 Å². The van der Waals surface area contributed by atoms with E-state index in [1.165, 1.54) is 0 Å². The molecule has 1 aliphatic rings. The van der Waals surface area contributed by atoms with Crippen molar-refractivity contribution in [2.45, 2.75) is 37.8 Å². The van der Waals surface area contributed by atoms with Crippen LogP contribution in [0.25, 0.3) is 0 Å². The zero-order chi connectivity index (χ0) is 23.1. The van der Waals surface area contributed by atoms with E-state index in [-0.39, 0.29) is 37.1 Å². The largest absolute Gasteiger partial charge is 0.483 e. The SMILES string of the molecule is O=C(COc1ccc(Br)cc1Br)NC1CCCCC1NC(=O)COc1ccc(Br)cc1Br. The van der Waals surface area contributed by atoms with Crippen molar-refractivity contribution in [1.29, 1.82) is 0 Å². The zero-order valence-electron chi connectivity index (χ0n) is 17.0. The fraction of sp³-hybridized carbons (Fsp3) is 0.364. The second-order valence-corrected chi connectivity index (χ2v) is 10.9. The fourth-order valence-electron chi connectivity index (χ4n) is 3.44. The minimum absolute atomic E-state index is 0.0991. The number of nitrogens with one attached hydrogen (secondary N) is 2. The molecule has 6 nitrogen and oxygen atoms in total. The highest BCUT2D eigenvalue weighted by Crippen LogP contribution is 2.29. The van der Waals surface area contributed by atoms with Gasteiger partial charge in [-0.2, -0.15) is 0 Å². The highest BCUT2D eigenvalue weighted by Gasteiger charge is 2.28. The number of ether oxygens (including phenoxy) is 2. The van der Waals surface area contributed by atoms with Crippen LogP contribution in [0.1, 0.15) is 25.7 Å². The molecule has 2 N–H and O–H groups in total. The van der Waals surface area contributed by atoms with Crippen molar-refractivity contribution in [1.82, 2.24) is 10.6 Å². The summed E-state index contributed by atoms with van der Waals surface area (Å²) < 4.78 is 14.6. The quantitative estimate of drug-likeness (QED) is 0.369. The van der Waals surface area contributed by atoms with Crippen molar-refractivity contribution in [3.63, 3.8) is 0 Å². The van der Waals surface area contributed by atoms with Crippen LogP contribution in [-0.4, -0.2) is 37.1 Å². The lowest BCUT2D eigenvalue weighted by Crippen LogP contribution is -2.54. The number of halogens is 4. The van der Waals surface area contributed by atoms with Crippen molar-refractivity contribution >= 4 is 75.5 Å². The normalized spacial score (nSPS) is 18.0. The Bertz CT molecular complexity index is 895. The van der Waals surface area contributed by atoms with Crippen LogP contribution in [-0.2, 0) is 9.59 Å². The maximum absolute atomic E-state index is 12.5. The topological polar surface area (TPSA) is 76.7 Å². The number of hydrogen-bond acceptors (Lipinski definition) is 4. The van der Waals surface area contributed by atoms with E-state index in [2.05, 4.69) is 74.4 Å². The lowest BCUT2D eigenvalue weighted by atomic mass is 9.90. The van der Waals surface area contributed by atoms with Crippen LogP contribution in [0.4, 0.5) is 0 Å². The maximum atomic E-state index is 12.5. The highest BCUT2D eigenvalue weighted by molar-refractivity contribution is 9.11. The second kappa shape index (κ2) is 12.4. The molecule has 10 heteroatoms. The maximum Gasteiger partial charge on any atom is 0.258 e. The Hall–Kier alpha value is -1.10. The van der Waals surface area contributed by atoms with Gasteiger partial charge >= 0.3 is 0 Å². The third kappa shape index (κ3) is 7.74. The van der Waals surface area contributed by atoms with Crippen molar-refractivity contribution < 1.29 is 19.1 Å². The summed E-state index contributed by atoms with van der Waals surface area (Å²) in [7, 11) is 0. The molecule has 0 saturated heterocycles. The Labute approximate surface area is 220 Å². The van der Waals surface area contributed by atoms with Gasteiger partial charge < -0.3 is 20.1 Å². The van der Waals surface area contributed by atoms with Crippen molar-refractivity contribution in [3.8, 4) is 11.5 Å². The molecule has 2 aromatic carbocycles. The third-order valence-electron chi connectivity index (χ3n) is 4.96. The van der Waals surface area contributed by atoms with Crippen LogP contribution in [0.2, 0.25) is 0 Å². The number of amides is 2. The van der Waals surface area contributed by atoms with Gasteiger partial charge in [-0.25, -0.2) is 0 Å². The summed E-state index contributed by atoms with van der Waals surface area (Å²) in [6.45, 7) is -0.198. The molecule has 0 aromatic heterocycles. The van der Waals surface area contributed by atoms with Gasteiger partial charge in [-0.05, 0) is 81.1 Å². The molecule has 0 aliphatic heterocycles. The standard InChI is InChI=1S/C22H22Br4N2O4/c23-13-5-7-19(15(25)9-13)31-11-21(29)27-17-3-1-2-4-18(17)28-22(30)12-32-20-8-6-14(24)10-16(20)26/h5-10,17-18H,1-4,11-12H2,(H,27,29)(H,28,30). The van der Waals surface area contributed by atoms with Gasteiger partial charge in [-0.15, -0.1) is 0 Å². The third-order valence-corrected chi connectivity index (χ3v) is 7.19. The molecule has 2 atom stereocenters. The first kappa shape index (κ1) is 25.5. The number of rotatable bonds is 8. The first-order chi connectivity index (χ1) is 15.3. The number of carbonyl (C=O) groups is 2. The predicted molar refractivity (Wildman–Crippen MR) is 137 cm³/mol. The van der Waals surface area contributed by atoms with E-state index < -0.39 is 0 Å². The zero-order valence-corrected chi connectivity index (χ0v) is 23.4. The van der Waals surface area contributed by atoms with Crippen LogP contribution in [0.5, 0.6) is 11.5 Å². The summed E-state index contributed by atoms with van der Waals surface area (Å²) in [6, 6.07) is 10.7. The summed E-state index contributed by atoms with van der Waals surface area (Å²) in [4.78, 5) is 24.9. The number of hydrogen-bond donors (Lipinski definition) is 2. The Morgan fingerprint density at radius 2 is 1.16 bits per heavy atom. The van der Waals surface area contributed by atoms with E-state index in [0.29, 0.717) is 11.5 Å². The van der Waals surface area contributed by atoms with E-state index in [9.17, 15) is 9.59 Å². The van der Waals surface area contributed by atoms with Gasteiger partial charge in [0, 0.05) is 21.0 Å². The lowest BCUT2D eigenvalue weighted by Gasteiger charge is -2.32. The van der Waals surface area contributed by atoms with Crippen LogP contribution in [0.3, 0.4) is 0 Å². The smallest absolute Gasteiger partial charge is 0.258 e. The number of carbonyl (C=O) groups excluding carboxylic acids is 2. The second-order valence-electron chi connectivity index (χ2n) is 7.36. The Morgan fingerprint density at radius 1 is 0.750 bits per heavy atom. The fourth-order valence-corrected chi connectivity index (χ4v) is 5.77. The minimum Gasteiger partial charge on any atom is -0.483 e. The molecule has 172 valence electrons. The van der Waals surface area contributed by atoms with E-state index in [4.69, 9.17) is 9.47 Å². The molecule has 0 heterocycles. The Morgan fingerprint density at radius 3 is 1.53 bits per heavy atom. The highest BCUT2D eigenvalue weighted by atomic mass is 79.9. The monoisotopic (exact) mass is 694 g/mol. The van der Waals surface area contributed by atoms with Gasteiger partial charge in [0.05, 0.1) is 8.95 Å². The molecule has 2 aromatic rings. The van der Waals surface area contributed by atoms with Gasteiger partial charge in [-0.3, -0.25) is 9.59 Å². The lowest BCUT2D eigenvalue weighted by molar-refractivity contribution is -0.127. The van der Waals surface area contributed by atoms with Crippen LogP contribution in [0, 0.1) is 0 Å². The molecular weight excluding hydrogens is 676 g/mol. The Kier molecular flexibility index (Phi) is 9.88. The molecule has 1 saturated carbocycles. The minimum atomic E-state index is -0.221. The van der Waals surface area contributed by atoms with Crippen LogP contribution in [0.15, 0.2) is 54.3 Å². The summed E-state index contributed by atoms with van der Waals surface area (Å²) >= 11 is 13.6. The average Bonchev–Trinajstić information content (AvgIpc) is 2.74. The first-order valence-corrected chi connectivity index (χ1v) is 13.2. The molecule has 1 aliphatic carbocycles. The molecular formula is C22H22Br4N2O4. The van der Waals surface area contributed by atoms with Gasteiger partial charge in [-0.1, -0.05) is 44.7 Å². The van der Waals surface area contributed by atoms with Crippen molar-refractivity contribution in [3.05, 3.63) is 54.3 Å². The van der Waals surface area contributed by atoms with Gasteiger partial charge in [0.1, 0.15) is 11.5 Å². The molecule has 2 amide bonds. The molecule has 0 spiro atoms. The van der Waals surface area contributed by atoms with E-state index >= 15 is 0 Å². The van der Waals surface area contributed by atoms with Gasteiger partial charge in [0.15, 0.2) is 13.2 Å². The van der Waals surface area contributed by atoms with Crippen molar-refractivity contribution in [2.75, 3.05) is 13.2 Å². The molecule has 3 rings (SSSR count). The summed E-state index contributed by atoms with van der Waals surface area (Å²) in [6.07, 6.45) is 3.60. The van der Waals surface area contributed by atoms with E-state index in [1.54, 1.807) is 12.1 Å². The molecule has 1 fully saturated rings. The van der Waals surface area contributed by atoms with Gasteiger partial charge in [0.25, 0.3) is 11.8 Å². The molecule has 32 heavy (non-hydrogen) atoms. The molecule has 0 radical (unpaired) electrons. The van der Waals surface area contributed by atoms with E-state index in [0.717, 1.165) is 43.6 Å². The van der Waals surface area contributed by atoms with Crippen LogP contribution < -0.4 is 20.1 Å². The Balaban J connectivity index is 1.48. The first-order valence-electron chi connectivity index (χ1n) is 10.1. The van der Waals surface area contributed by atoms with Crippen LogP contribution >= 0.6 is 63.7 Å². The predicted octanol–water partition coefficient (Wildman–Crippen LogP) is 5.74. The summed E-state index contributed by atoms with van der Waals surface area (Å²) in [5.41, 5.74) is 0. The molecule has 0 bridgehead atoms. The van der Waals surface area contributed by atoms with Crippen molar-refractivity contribution in [2.24, 2.45) is 0 Å². The molecule has 2 unspecified atom stereocenters. The van der Waals surface area contributed by atoms with E-state index in [1.807, 2.05) is 24.3 Å². The summed E-state index contributed by atoms with van der Waals surface area (Å²) in [5.74, 6) is 0.739.